The number of carbonyl (C=O) groups is 1. The molecule has 27 heavy (non-hydrogen) atoms. The van der Waals surface area contributed by atoms with E-state index >= 15 is 0 Å². The van der Waals surface area contributed by atoms with Crippen molar-refractivity contribution in [3.8, 4) is 16.3 Å². The van der Waals surface area contributed by atoms with Gasteiger partial charge >= 0.3 is 29.6 Å². The standard InChI is InChI=1S/C18H12Cl2FNO3S.Na/c19-11-2-4-16(25-8-10-1-3-12(21)6-15(10)20)14(5-11)18-22-13(9-26-18)7-17(23)24;/h1-6,9H,7-8H2,(H,23,24);/q;+1/p-1. The average molecular weight is 434 g/mol. The maximum Gasteiger partial charge on any atom is 1.00 e. The van der Waals surface area contributed by atoms with Crippen molar-refractivity contribution in [2.75, 3.05) is 0 Å². The van der Waals surface area contributed by atoms with Crippen LogP contribution in [0.25, 0.3) is 10.6 Å². The van der Waals surface area contributed by atoms with E-state index in [1.165, 1.54) is 23.5 Å². The quantitative estimate of drug-likeness (QED) is 0.546. The summed E-state index contributed by atoms with van der Waals surface area (Å²) >= 11 is 13.4. The van der Waals surface area contributed by atoms with Gasteiger partial charge < -0.3 is 14.6 Å². The molecular formula is C18H11Cl2FNNaO3S. The van der Waals surface area contributed by atoms with E-state index in [1.54, 1.807) is 29.6 Å². The van der Waals surface area contributed by atoms with Gasteiger partial charge in [0.1, 0.15) is 23.2 Å². The maximum atomic E-state index is 13.1. The number of nitrogens with zero attached hydrogens (tertiary/aromatic N) is 1. The van der Waals surface area contributed by atoms with Crippen LogP contribution < -0.4 is 39.4 Å². The molecule has 0 amide bonds. The van der Waals surface area contributed by atoms with Crippen LogP contribution in [0.2, 0.25) is 10.0 Å². The third kappa shape index (κ3) is 5.91. The molecule has 2 aromatic carbocycles. The molecule has 0 fully saturated rings. The van der Waals surface area contributed by atoms with Gasteiger partial charge in [-0.3, -0.25) is 0 Å². The van der Waals surface area contributed by atoms with Crippen molar-refractivity contribution in [2.24, 2.45) is 0 Å². The van der Waals surface area contributed by atoms with Crippen LogP contribution in [-0.4, -0.2) is 11.0 Å². The molecule has 0 spiro atoms. The van der Waals surface area contributed by atoms with Gasteiger partial charge in [0.25, 0.3) is 0 Å². The van der Waals surface area contributed by atoms with E-state index in [4.69, 9.17) is 27.9 Å². The summed E-state index contributed by atoms with van der Waals surface area (Å²) in [7, 11) is 0. The number of carbonyl (C=O) groups excluding carboxylic acids is 1. The van der Waals surface area contributed by atoms with Crippen LogP contribution in [0.1, 0.15) is 11.3 Å². The van der Waals surface area contributed by atoms with E-state index in [0.717, 1.165) is 0 Å². The monoisotopic (exact) mass is 433 g/mol. The Morgan fingerprint density at radius 1 is 1.22 bits per heavy atom. The number of carboxylic acid groups (broad SMARTS) is 1. The van der Waals surface area contributed by atoms with E-state index in [0.29, 0.717) is 32.6 Å². The Balaban J connectivity index is 0.00000261. The molecule has 4 nitrogen and oxygen atoms in total. The second-order valence-corrected chi connectivity index (χ2v) is 7.06. The topological polar surface area (TPSA) is 62.2 Å². The first-order chi connectivity index (χ1) is 12.4. The first kappa shape index (κ1) is 22.1. The van der Waals surface area contributed by atoms with Gasteiger partial charge in [-0.25, -0.2) is 9.37 Å². The summed E-state index contributed by atoms with van der Waals surface area (Å²) in [6, 6.07) is 9.12. The summed E-state index contributed by atoms with van der Waals surface area (Å²) in [4.78, 5) is 15.0. The van der Waals surface area contributed by atoms with E-state index in [2.05, 4.69) is 4.98 Å². The maximum absolute atomic E-state index is 13.1. The SMILES string of the molecule is O=C([O-])Cc1csc(-c2cc(Cl)ccc2OCc2ccc(F)cc2Cl)n1.[Na+]. The van der Waals surface area contributed by atoms with Gasteiger partial charge in [0.2, 0.25) is 0 Å². The van der Waals surface area contributed by atoms with Crippen molar-refractivity contribution < 1.29 is 48.6 Å². The van der Waals surface area contributed by atoms with Crippen LogP contribution in [0, 0.1) is 5.82 Å². The Morgan fingerprint density at radius 3 is 2.70 bits per heavy atom. The van der Waals surface area contributed by atoms with E-state index < -0.39 is 11.8 Å². The molecule has 9 heteroatoms. The number of rotatable bonds is 6. The summed E-state index contributed by atoms with van der Waals surface area (Å²) in [5.41, 5.74) is 1.66. The van der Waals surface area contributed by atoms with Crippen LogP contribution in [-0.2, 0) is 17.8 Å². The van der Waals surface area contributed by atoms with Crippen LogP contribution in [0.15, 0.2) is 41.8 Å². The van der Waals surface area contributed by atoms with E-state index in [1.807, 2.05) is 0 Å². The molecule has 0 saturated carbocycles. The summed E-state index contributed by atoms with van der Waals surface area (Å²) in [5.74, 6) is -1.12. The zero-order valence-corrected chi connectivity index (χ0v) is 18.5. The van der Waals surface area contributed by atoms with Gasteiger partial charge in [0.15, 0.2) is 0 Å². The van der Waals surface area contributed by atoms with Crippen molar-refractivity contribution in [3.63, 3.8) is 0 Å². The van der Waals surface area contributed by atoms with Crippen LogP contribution in [0.5, 0.6) is 5.75 Å². The summed E-state index contributed by atoms with van der Waals surface area (Å²) < 4.78 is 19.0. The molecule has 0 bridgehead atoms. The Kier molecular flexibility index (Phi) is 8.09. The number of aliphatic carboxylic acids is 1. The molecule has 1 aromatic heterocycles. The van der Waals surface area contributed by atoms with Crippen LogP contribution in [0.3, 0.4) is 0 Å². The number of carboxylic acids is 1. The molecule has 0 aliphatic rings. The second kappa shape index (κ2) is 9.87. The van der Waals surface area contributed by atoms with Crippen molar-refractivity contribution in [2.45, 2.75) is 13.0 Å². The van der Waals surface area contributed by atoms with E-state index in [-0.39, 0.29) is 47.6 Å². The predicted octanol–water partition coefficient (Wildman–Crippen LogP) is 1.13. The number of halogens is 3. The Bertz CT molecular complexity index is 968. The summed E-state index contributed by atoms with van der Waals surface area (Å²) in [6.45, 7) is 0.130. The average Bonchev–Trinajstić information content (AvgIpc) is 3.02. The number of thiazole rings is 1. The predicted molar refractivity (Wildman–Crippen MR) is 97.0 cm³/mol. The zero-order chi connectivity index (χ0) is 18.7. The molecule has 0 aliphatic heterocycles. The number of hydrogen-bond acceptors (Lipinski definition) is 5. The van der Waals surface area contributed by atoms with Crippen LogP contribution >= 0.6 is 34.5 Å². The summed E-state index contributed by atoms with van der Waals surface area (Å²) in [6.07, 6.45) is -0.265. The third-order valence-electron chi connectivity index (χ3n) is 3.45. The first-order valence-electron chi connectivity index (χ1n) is 7.43. The summed E-state index contributed by atoms with van der Waals surface area (Å²) in [5, 5.41) is 13.7. The molecular weight excluding hydrogens is 423 g/mol. The molecule has 1 heterocycles. The fourth-order valence-corrected chi connectivity index (χ4v) is 3.48. The Hall–Kier alpha value is -1.15. The zero-order valence-electron chi connectivity index (χ0n) is 14.2. The van der Waals surface area contributed by atoms with Gasteiger partial charge in [0, 0.05) is 28.4 Å². The Morgan fingerprint density at radius 2 is 2.00 bits per heavy atom. The van der Waals surface area contributed by atoms with Gasteiger partial charge in [-0.05, 0) is 30.3 Å². The van der Waals surface area contributed by atoms with Crippen molar-refractivity contribution in [1.82, 2.24) is 4.98 Å². The number of benzene rings is 2. The van der Waals surface area contributed by atoms with Gasteiger partial charge in [-0.2, -0.15) is 0 Å². The smallest absolute Gasteiger partial charge is 0.550 e. The number of hydrogen-bond donors (Lipinski definition) is 0. The Labute approximate surface area is 191 Å². The fraction of sp³-hybridized carbons (Fsp3) is 0.111. The molecule has 0 aliphatic carbocycles. The normalized spacial score (nSPS) is 10.3. The molecule has 134 valence electrons. The van der Waals surface area contributed by atoms with Gasteiger partial charge in [-0.15, -0.1) is 11.3 Å². The molecule has 0 N–H and O–H groups in total. The minimum absolute atomic E-state index is 0. The molecule has 0 unspecified atom stereocenters. The van der Waals surface area contributed by atoms with Crippen molar-refractivity contribution in [3.05, 3.63) is 68.9 Å². The van der Waals surface area contributed by atoms with Crippen molar-refractivity contribution in [1.29, 1.82) is 0 Å². The molecule has 3 rings (SSSR count). The molecule has 3 aromatic rings. The van der Waals surface area contributed by atoms with Gasteiger partial charge in [0.05, 0.1) is 16.3 Å². The molecule has 0 radical (unpaired) electrons. The number of ether oxygens (including phenoxy) is 1. The van der Waals surface area contributed by atoms with Crippen molar-refractivity contribution >= 4 is 40.5 Å². The number of aromatic nitrogens is 1. The minimum Gasteiger partial charge on any atom is -0.550 e. The minimum atomic E-state index is -1.20. The van der Waals surface area contributed by atoms with E-state index in [9.17, 15) is 14.3 Å². The van der Waals surface area contributed by atoms with Crippen LogP contribution in [0.4, 0.5) is 4.39 Å². The second-order valence-electron chi connectivity index (χ2n) is 5.36. The fourth-order valence-electron chi connectivity index (χ4n) is 2.25. The molecule has 0 atom stereocenters. The third-order valence-corrected chi connectivity index (χ3v) is 4.96. The van der Waals surface area contributed by atoms with Gasteiger partial charge in [-0.1, -0.05) is 29.3 Å². The largest absolute Gasteiger partial charge is 1.00 e. The molecule has 0 saturated heterocycles. The first-order valence-corrected chi connectivity index (χ1v) is 9.07.